The number of nitrogens with two attached hydrogens (primary N) is 1. The fourth-order valence-corrected chi connectivity index (χ4v) is 3.28. The van der Waals surface area contributed by atoms with Gasteiger partial charge < -0.3 is 20.6 Å². The number of benzene rings is 2. The van der Waals surface area contributed by atoms with Gasteiger partial charge in [-0.25, -0.2) is 0 Å². The number of nitriles is 1. The van der Waals surface area contributed by atoms with E-state index in [0.717, 1.165) is 11.4 Å². The summed E-state index contributed by atoms with van der Waals surface area (Å²) < 4.78 is 0. The molecule has 0 spiro atoms. The molecule has 3 rings (SSSR count). The summed E-state index contributed by atoms with van der Waals surface area (Å²) in [6.45, 7) is 0.643. The molecule has 0 saturated carbocycles. The summed E-state index contributed by atoms with van der Waals surface area (Å²) in [7, 11) is 0. The van der Waals surface area contributed by atoms with E-state index in [9.17, 15) is 14.9 Å². The van der Waals surface area contributed by atoms with Gasteiger partial charge in [0.2, 0.25) is 0 Å². The molecular formula is C22H22N4O3. The molecule has 1 heterocycles. The molecule has 1 aliphatic rings. The second-order valence-electron chi connectivity index (χ2n) is 6.86. The molecule has 7 heteroatoms. The zero-order chi connectivity index (χ0) is 20.8. The molecular weight excluding hydrogens is 368 g/mol. The predicted molar refractivity (Wildman–Crippen MR) is 110 cm³/mol. The van der Waals surface area contributed by atoms with Gasteiger partial charge in [0.05, 0.1) is 5.92 Å². The van der Waals surface area contributed by atoms with E-state index in [1.54, 1.807) is 21.9 Å². The first kappa shape index (κ1) is 20.0. The molecule has 7 nitrogen and oxygen atoms in total. The van der Waals surface area contributed by atoms with Crippen molar-refractivity contribution in [3.8, 4) is 6.07 Å². The van der Waals surface area contributed by atoms with E-state index in [-0.39, 0.29) is 5.57 Å². The average Bonchev–Trinajstić information content (AvgIpc) is 2.76. The number of nitrogens with zero attached hydrogens (tertiary/aromatic N) is 3. The number of carbonyl (C=O) groups excluding carboxylic acids is 1. The minimum Gasteiger partial charge on any atom is -0.481 e. The summed E-state index contributed by atoms with van der Waals surface area (Å²) >= 11 is 0. The Balaban J connectivity index is 1.89. The highest BCUT2D eigenvalue weighted by Gasteiger charge is 2.28. The summed E-state index contributed by atoms with van der Waals surface area (Å²) in [6.07, 6.45) is 2.30. The molecule has 0 bridgehead atoms. The largest absolute Gasteiger partial charge is 0.481 e. The van der Waals surface area contributed by atoms with Crippen molar-refractivity contribution < 1.29 is 14.7 Å². The molecule has 1 amide bonds. The van der Waals surface area contributed by atoms with E-state index < -0.39 is 17.8 Å². The van der Waals surface area contributed by atoms with Gasteiger partial charge in [-0.2, -0.15) is 5.26 Å². The van der Waals surface area contributed by atoms with Crippen LogP contribution in [0.3, 0.4) is 0 Å². The number of carboxylic acid groups (broad SMARTS) is 1. The van der Waals surface area contributed by atoms with Crippen molar-refractivity contribution in [1.82, 2.24) is 4.90 Å². The van der Waals surface area contributed by atoms with Crippen molar-refractivity contribution >= 4 is 28.9 Å². The Morgan fingerprint density at radius 2 is 1.66 bits per heavy atom. The molecule has 3 N–H and O–H groups in total. The zero-order valence-corrected chi connectivity index (χ0v) is 15.9. The summed E-state index contributed by atoms with van der Waals surface area (Å²) in [4.78, 5) is 27.3. The zero-order valence-electron chi connectivity index (χ0n) is 15.9. The highest BCUT2D eigenvalue weighted by atomic mass is 16.4. The SMILES string of the molecule is N#C/C(=C/N(c1ccccc1)c1ccc(N)cc1)C(=O)N1CCC(C(=O)O)CC1. The quantitative estimate of drug-likeness (QED) is 0.461. The molecule has 0 aliphatic carbocycles. The Morgan fingerprint density at radius 1 is 1.07 bits per heavy atom. The normalized spacial score (nSPS) is 14.9. The number of hydrogen-bond acceptors (Lipinski definition) is 5. The van der Waals surface area contributed by atoms with E-state index in [0.29, 0.717) is 31.6 Å². The topological polar surface area (TPSA) is 111 Å². The van der Waals surface area contributed by atoms with Crippen LogP contribution in [0.1, 0.15) is 12.8 Å². The lowest BCUT2D eigenvalue weighted by Crippen LogP contribution is -2.41. The maximum absolute atomic E-state index is 12.9. The monoisotopic (exact) mass is 390 g/mol. The number of carbonyl (C=O) groups is 2. The van der Waals surface area contributed by atoms with E-state index in [1.165, 1.54) is 6.20 Å². The molecule has 0 unspecified atom stereocenters. The minimum absolute atomic E-state index is 0.0144. The van der Waals surface area contributed by atoms with Gasteiger partial charge >= 0.3 is 5.97 Å². The number of rotatable bonds is 5. The van der Waals surface area contributed by atoms with E-state index in [4.69, 9.17) is 10.8 Å². The lowest BCUT2D eigenvalue weighted by molar-refractivity contribution is -0.145. The summed E-state index contributed by atoms with van der Waals surface area (Å²) in [6, 6.07) is 18.5. The Labute approximate surface area is 169 Å². The fraction of sp³-hybridized carbons (Fsp3) is 0.227. The molecule has 0 aromatic heterocycles. The van der Waals surface area contributed by atoms with Crippen LogP contribution in [0.15, 0.2) is 66.4 Å². The van der Waals surface area contributed by atoms with Gasteiger partial charge in [0.1, 0.15) is 11.6 Å². The van der Waals surface area contributed by atoms with Crippen molar-refractivity contribution in [3.05, 3.63) is 66.4 Å². The van der Waals surface area contributed by atoms with Crippen LogP contribution < -0.4 is 10.6 Å². The second-order valence-corrected chi connectivity index (χ2v) is 6.86. The van der Waals surface area contributed by atoms with Crippen LogP contribution in [-0.2, 0) is 9.59 Å². The Bertz CT molecular complexity index is 940. The molecule has 148 valence electrons. The molecule has 0 atom stereocenters. The molecule has 2 aromatic rings. The number of anilines is 3. The maximum atomic E-state index is 12.9. The lowest BCUT2D eigenvalue weighted by atomic mass is 9.97. The van der Waals surface area contributed by atoms with Crippen LogP contribution in [0.4, 0.5) is 17.1 Å². The number of nitrogen functional groups attached to an aromatic ring is 1. The Kier molecular flexibility index (Phi) is 6.15. The van der Waals surface area contributed by atoms with E-state index in [2.05, 4.69) is 0 Å². The molecule has 1 aliphatic heterocycles. The van der Waals surface area contributed by atoms with Crippen molar-refractivity contribution in [3.63, 3.8) is 0 Å². The average molecular weight is 390 g/mol. The molecule has 2 aromatic carbocycles. The van der Waals surface area contributed by atoms with Crippen LogP contribution in [0.5, 0.6) is 0 Å². The number of amides is 1. The summed E-state index contributed by atoms with van der Waals surface area (Å²) in [5.74, 6) is -1.68. The summed E-state index contributed by atoms with van der Waals surface area (Å²) in [5, 5.41) is 18.8. The van der Waals surface area contributed by atoms with Gasteiger partial charge in [0.15, 0.2) is 0 Å². The van der Waals surface area contributed by atoms with E-state index >= 15 is 0 Å². The Hall–Kier alpha value is -3.79. The van der Waals surface area contributed by atoms with Crippen molar-refractivity contribution in [2.24, 2.45) is 5.92 Å². The first-order valence-electron chi connectivity index (χ1n) is 9.33. The number of carboxylic acids is 1. The molecule has 1 saturated heterocycles. The number of likely N-dealkylation sites (tertiary alicyclic amines) is 1. The third kappa shape index (κ3) is 4.74. The molecule has 0 radical (unpaired) electrons. The minimum atomic E-state index is -0.841. The standard InChI is InChI=1S/C22H22N4O3/c23-14-17(21(27)25-12-10-16(11-13-25)22(28)29)15-26(19-4-2-1-3-5-19)20-8-6-18(24)7-9-20/h1-9,15-16H,10-13,24H2,(H,28,29)/b17-15-. The van der Waals surface area contributed by atoms with Crippen LogP contribution >= 0.6 is 0 Å². The first-order chi connectivity index (χ1) is 14.0. The third-order valence-electron chi connectivity index (χ3n) is 4.95. The third-order valence-corrected chi connectivity index (χ3v) is 4.95. The van der Waals surface area contributed by atoms with Crippen molar-refractivity contribution in [2.75, 3.05) is 23.7 Å². The van der Waals surface area contributed by atoms with Crippen LogP contribution in [0, 0.1) is 17.2 Å². The number of piperidine rings is 1. The van der Waals surface area contributed by atoms with Crippen LogP contribution in [0.25, 0.3) is 0 Å². The van der Waals surface area contributed by atoms with Gasteiger partial charge in [-0.15, -0.1) is 0 Å². The predicted octanol–water partition coefficient (Wildman–Crippen LogP) is 3.14. The van der Waals surface area contributed by atoms with Crippen molar-refractivity contribution in [1.29, 1.82) is 5.26 Å². The maximum Gasteiger partial charge on any atom is 0.306 e. The van der Waals surface area contributed by atoms with Crippen molar-refractivity contribution in [2.45, 2.75) is 12.8 Å². The van der Waals surface area contributed by atoms with E-state index in [1.807, 2.05) is 48.5 Å². The van der Waals surface area contributed by atoms with Gasteiger partial charge in [0.25, 0.3) is 5.91 Å². The fourth-order valence-electron chi connectivity index (χ4n) is 3.28. The molecule has 1 fully saturated rings. The second kappa shape index (κ2) is 8.93. The first-order valence-corrected chi connectivity index (χ1v) is 9.33. The Morgan fingerprint density at radius 3 is 2.21 bits per heavy atom. The highest BCUT2D eigenvalue weighted by Crippen LogP contribution is 2.28. The van der Waals surface area contributed by atoms with Gasteiger partial charge in [-0.1, -0.05) is 18.2 Å². The lowest BCUT2D eigenvalue weighted by Gasteiger charge is -2.30. The number of aliphatic carboxylic acids is 1. The van der Waals surface area contributed by atoms with Gasteiger partial charge in [-0.05, 0) is 49.2 Å². The molecule has 29 heavy (non-hydrogen) atoms. The smallest absolute Gasteiger partial charge is 0.306 e. The number of para-hydroxylation sites is 1. The number of hydrogen-bond donors (Lipinski definition) is 2. The summed E-state index contributed by atoms with van der Waals surface area (Å²) in [5.41, 5.74) is 7.94. The highest BCUT2D eigenvalue weighted by molar-refractivity contribution is 5.98. The van der Waals surface area contributed by atoms with Gasteiger partial charge in [0, 0.05) is 36.4 Å². The van der Waals surface area contributed by atoms with Gasteiger partial charge in [-0.3, -0.25) is 9.59 Å². The van der Waals surface area contributed by atoms with Crippen LogP contribution in [0.2, 0.25) is 0 Å². The van der Waals surface area contributed by atoms with Crippen LogP contribution in [-0.4, -0.2) is 35.0 Å².